The highest BCUT2D eigenvalue weighted by Crippen LogP contribution is 2.10. The lowest BCUT2D eigenvalue weighted by Gasteiger charge is -2.13. The molecule has 0 aliphatic rings. The van der Waals surface area contributed by atoms with E-state index in [1.807, 2.05) is 0 Å². The maximum Gasteiger partial charge on any atom is 0.123 e. The van der Waals surface area contributed by atoms with Gasteiger partial charge in [-0.25, -0.2) is 0 Å². The molecule has 2 heteroatoms. The third-order valence-corrected chi connectivity index (χ3v) is 4.44. The van der Waals surface area contributed by atoms with Crippen molar-refractivity contribution in [3.8, 4) is 0 Å². The van der Waals surface area contributed by atoms with E-state index in [4.69, 9.17) is 0 Å². The van der Waals surface area contributed by atoms with E-state index in [9.17, 15) is 4.79 Å². The molecule has 0 aromatic heterocycles. The van der Waals surface area contributed by atoms with Crippen LogP contribution in [0.1, 0.15) is 45.4 Å². The summed E-state index contributed by atoms with van der Waals surface area (Å²) in [5.74, 6) is 0. The van der Waals surface area contributed by atoms with Crippen LogP contribution in [-0.4, -0.2) is 13.5 Å². The lowest BCUT2D eigenvalue weighted by Crippen LogP contribution is -2.32. The van der Waals surface area contributed by atoms with E-state index in [2.05, 4.69) is 38.7 Å². The van der Waals surface area contributed by atoms with E-state index in [0.717, 1.165) is 19.3 Å². The predicted molar refractivity (Wildman–Crippen MR) is 70.9 cm³/mol. The molecular formula is C13H26OSi. The third-order valence-electron chi connectivity index (χ3n) is 2.51. The van der Waals surface area contributed by atoms with Crippen molar-refractivity contribution in [3.05, 3.63) is 12.2 Å². The highest BCUT2D eigenvalue weighted by molar-refractivity contribution is 7.03. The van der Waals surface area contributed by atoms with Crippen LogP contribution in [0.4, 0.5) is 0 Å². The second-order valence-electron chi connectivity index (χ2n) is 5.15. The molecule has 88 valence electrons. The zero-order valence-electron chi connectivity index (χ0n) is 10.8. The largest absolute Gasteiger partial charge is 0.305 e. The van der Waals surface area contributed by atoms with Gasteiger partial charge in [0.05, 0.1) is 0 Å². The molecule has 1 nitrogen and oxygen atoms in total. The van der Waals surface area contributed by atoms with Crippen LogP contribution in [0, 0.1) is 0 Å². The molecule has 0 atom stereocenters. The molecule has 0 spiro atoms. The van der Waals surface area contributed by atoms with Gasteiger partial charge in [0.2, 0.25) is 0 Å². The highest BCUT2D eigenvalue weighted by atomic mass is 28.3. The maximum absolute atomic E-state index is 11.6. The lowest BCUT2D eigenvalue weighted by atomic mass is 10.1. The molecule has 0 aromatic rings. The van der Waals surface area contributed by atoms with Gasteiger partial charge in [0.25, 0.3) is 0 Å². The first-order valence-electron chi connectivity index (χ1n) is 6.16. The minimum Gasteiger partial charge on any atom is -0.305 e. The van der Waals surface area contributed by atoms with Crippen molar-refractivity contribution in [2.45, 2.75) is 65.1 Å². The van der Waals surface area contributed by atoms with E-state index in [1.54, 1.807) is 0 Å². The van der Waals surface area contributed by atoms with E-state index >= 15 is 0 Å². The molecule has 0 rings (SSSR count). The molecule has 0 bridgehead atoms. The summed E-state index contributed by atoms with van der Waals surface area (Å²) in [6, 6.07) is 0. The smallest absolute Gasteiger partial charge is 0.123 e. The molecular weight excluding hydrogens is 200 g/mol. The standard InChI is InChI=1S/C13H26OSi/c1-5-6-7-8-9-10-11-12-13(14)15(2,3)4/h6-7H,5,8-12H2,1-4H3/b7-6-. The van der Waals surface area contributed by atoms with Crippen molar-refractivity contribution in [2.24, 2.45) is 0 Å². The van der Waals surface area contributed by atoms with E-state index in [0.29, 0.717) is 5.41 Å². The quantitative estimate of drug-likeness (QED) is 0.342. The molecule has 0 aliphatic heterocycles. The number of allylic oxidation sites excluding steroid dienone is 2. The molecule has 0 amide bonds. The van der Waals surface area contributed by atoms with Crippen molar-refractivity contribution in [2.75, 3.05) is 0 Å². The summed E-state index contributed by atoms with van der Waals surface area (Å²) in [5.41, 5.74) is 0. The number of rotatable bonds is 8. The van der Waals surface area contributed by atoms with Crippen LogP contribution in [0.15, 0.2) is 12.2 Å². The SMILES string of the molecule is CC/C=C\CCCCCC(=O)[Si](C)(C)C. The molecule has 0 radical (unpaired) electrons. The summed E-state index contributed by atoms with van der Waals surface area (Å²) >= 11 is 0. The van der Waals surface area contributed by atoms with Gasteiger partial charge in [0.1, 0.15) is 13.5 Å². The number of carbonyl (C=O) groups is 1. The fourth-order valence-corrected chi connectivity index (χ4v) is 2.31. The number of hydrogen-bond donors (Lipinski definition) is 0. The number of carbonyl (C=O) groups excluding carboxylic acids is 1. The molecule has 0 N–H and O–H groups in total. The first-order chi connectivity index (χ1) is 6.98. The van der Waals surface area contributed by atoms with Crippen molar-refractivity contribution in [1.29, 1.82) is 0 Å². The van der Waals surface area contributed by atoms with Crippen molar-refractivity contribution in [3.63, 3.8) is 0 Å². The summed E-state index contributed by atoms with van der Waals surface area (Å²) in [6.07, 6.45) is 11.1. The van der Waals surface area contributed by atoms with E-state index in [-0.39, 0.29) is 0 Å². The summed E-state index contributed by atoms with van der Waals surface area (Å²) in [5, 5.41) is 0.534. The maximum atomic E-state index is 11.6. The topological polar surface area (TPSA) is 17.1 Å². The Labute approximate surface area is 96.0 Å². The first kappa shape index (κ1) is 14.6. The molecule has 0 aromatic carbocycles. The third kappa shape index (κ3) is 8.61. The van der Waals surface area contributed by atoms with E-state index < -0.39 is 8.07 Å². The minimum atomic E-state index is -1.49. The zero-order chi connectivity index (χ0) is 11.7. The van der Waals surface area contributed by atoms with Crippen LogP contribution < -0.4 is 0 Å². The van der Waals surface area contributed by atoms with Gasteiger partial charge in [0, 0.05) is 6.42 Å². The minimum absolute atomic E-state index is 0.534. The van der Waals surface area contributed by atoms with Crippen LogP contribution in [0.5, 0.6) is 0 Å². The monoisotopic (exact) mass is 226 g/mol. The van der Waals surface area contributed by atoms with Gasteiger partial charge in [-0.1, -0.05) is 45.1 Å². The van der Waals surface area contributed by atoms with Gasteiger partial charge in [-0.05, 0) is 25.7 Å². The molecule has 0 heterocycles. The Morgan fingerprint density at radius 1 is 1.07 bits per heavy atom. The number of unbranched alkanes of at least 4 members (excludes halogenated alkanes) is 3. The van der Waals surface area contributed by atoms with Gasteiger partial charge in [0.15, 0.2) is 0 Å². The van der Waals surface area contributed by atoms with Crippen molar-refractivity contribution < 1.29 is 4.79 Å². The van der Waals surface area contributed by atoms with Gasteiger partial charge < -0.3 is 4.79 Å². The average molecular weight is 226 g/mol. The second-order valence-corrected chi connectivity index (χ2v) is 10.2. The van der Waals surface area contributed by atoms with Gasteiger partial charge in [-0.15, -0.1) is 0 Å². The Hall–Kier alpha value is -0.373. The second kappa shape index (κ2) is 7.86. The van der Waals surface area contributed by atoms with Crippen molar-refractivity contribution >= 4 is 13.5 Å². The molecule has 0 aliphatic carbocycles. The van der Waals surface area contributed by atoms with Gasteiger partial charge in [-0.2, -0.15) is 0 Å². The number of hydrogen-bond acceptors (Lipinski definition) is 1. The Bertz CT molecular complexity index is 201. The lowest BCUT2D eigenvalue weighted by molar-refractivity contribution is -0.112. The van der Waals surface area contributed by atoms with Crippen LogP contribution in [0.25, 0.3) is 0 Å². The summed E-state index contributed by atoms with van der Waals surface area (Å²) < 4.78 is 0. The molecule has 0 unspecified atom stereocenters. The average Bonchev–Trinajstić information content (AvgIpc) is 2.14. The summed E-state index contributed by atoms with van der Waals surface area (Å²) in [7, 11) is -1.49. The fourth-order valence-electron chi connectivity index (χ4n) is 1.38. The van der Waals surface area contributed by atoms with Crippen LogP contribution in [-0.2, 0) is 4.79 Å². The highest BCUT2D eigenvalue weighted by Gasteiger charge is 2.22. The van der Waals surface area contributed by atoms with Crippen LogP contribution >= 0.6 is 0 Å². The fraction of sp³-hybridized carbons (Fsp3) is 0.769. The Kier molecular flexibility index (Phi) is 7.66. The van der Waals surface area contributed by atoms with Crippen LogP contribution in [0.2, 0.25) is 19.6 Å². The Morgan fingerprint density at radius 3 is 2.27 bits per heavy atom. The Morgan fingerprint density at radius 2 is 1.73 bits per heavy atom. The van der Waals surface area contributed by atoms with E-state index in [1.165, 1.54) is 19.3 Å². The molecule has 0 saturated heterocycles. The van der Waals surface area contributed by atoms with Crippen molar-refractivity contribution in [1.82, 2.24) is 0 Å². The summed E-state index contributed by atoms with van der Waals surface area (Å²) in [4.78, 5) is 11.6. The van der Waals surface area contributed by atoms with Gasteiger partial charge in [-0.3, -0.25) is 0 Å². The first-order valence-corrected chi connectivity index (χ1v) is 9.66. The van der Waals surface area contributed by atoms with Crippen LogP contribution in [0.3, 0.4) is 0 Å². The van der Waals surface area contributed by atoms with Gasteiger partial charge >= 0.3 is 0 Å². The normalized spacial score (nSPS) is 12.3. The molecule has 0 fully saturated rings. The summed E-state index contributed by atoms with van der Waals surface area (Å²) in [6.45, 7) is 8.57. The zero-order valence-corrected chi connectivity index (χ0v) is 11.8. The predicted octanol–water partition coefficient (Wildman–Crippen LogP) is 4.35. The Balaban J connectivity index is 3.40. The molecule has 15 heavy (non-hydrogen) atoms. The molecule has 0 saturated carbocycles.